The Morgan fingerprint density at radius 1 is 1.47 bits per heavy atom. The molecule has 0 aromatic heterocycles. The van der Waals surface area contributed by atoms with Gasteiger partial charge in [0, 0.05) is 18.3 Å². The molecule has 1 atom stereocenters. The number of anilines is 1. The Bertz CT molecular complexity index is 415. The first kappa shape index (κ1) is 14.0. The molecule has 0 saturated carbocycles. The zero-order valence-corrected chi connectivity index (χ0v) is 11.2. The molecule has 1 fully saturated rings. The van der Waals surface area contributed by atoms with Crippen molar-refractivity contribution in [2.45, 2.75) is 18.9 Å². The molecular weight excluding hydrogens is 245 g/mol. The standard InChI is InChI=1S/C14H20FN3O/c1-18(9-13-3-2-8-16-13)10-14(19)17-12-6-4-11(15)5-7-12/h4-7,13,16H,2-3,8-10H2,1H3,(H,17,19). The van der Waals surface area contributed by atoms with Gasteiger partial charge >= 0.3 is 0 Å². The molecule has 2 rings (SSSR count). The van der Waals surface area contributed by atoms with Gasteiger partial charge in [-0.2, -0.15) is 0 Å². The predicted molar refractivity (Wildman–Crippen MR) is 73.6 cm³/mol. The number of benzene rings is 1. The van der Waals surface area contributed by atoms with E-state index in [4.69, 9.17) is 0 Å². The minimum atomic E-state index is -0.303. The zero-order chi connectivity index (χ0) is 13.7. The van der Waals surface area contributed by atoms with Crippen LogP contribution in [0.1, 0.15) is 12.8 Å². The van der Waals surface area contributed by atoms with E-state index in [1.165, 1.54) is 25.0 Å². The highest BCUT2D eigenvalue weighted by Crippen LogP contribution is 2.09. The number of carbonyl (C=O) groups is 1. The van der Waals surface area contributed by atoms with Crippen molar-refractivity contribution in [2.75, 3.05) is 32.0 Å². The Kier molecular flexibility index (Phi) is 4.87. The van der Waals surface area contributed by atoms with Crippen molar-refractivity contribution in [1.82, 2.24) is 10.2 Å². The number of halogens is 1. The van der Waals surface area contributed by atoms with Crippen molar-refractivity contribution < 1.29 is 9.18 Å². The third kappa shape index (κ3) is 4.61. The summed E-state index contributed by atoms with van der Waals surface area (Å²) in [6.45, 7) is 2.28. The number of rotatable bonds is 5. The van der Waals surface area contributed by atoms with Gasteiger partial charge in [-0.25, -0.2) is 4.39 Å². The van der Waals surface area contributed by atoms with E-state index in [9.17, 15) is 9.18 Å². The van der Waals surface area contributed by atoms with Crippen LogP contribution < -0.4 is 10.6 Å². The van der Waals surface area contributed by atoms with E-state index in [1.54, 1.807) is 12.1 Å². The molecule has 2 N–H and O–H groups in total. The average Bonchev–Trinajstić information content (AvgIpc) is 2.84. The predicted octanol–water partition coefficient (Wildman–Crippen LogP) is 1.45. The summed E-state index contributed by atoms with van der Waals surface area (Å²) >= 11 is 0. The fourth-order valence-corrected chi connectivity index (χ4v) is 2.33. The number of nitrogens with one attached hydrogen (secondary N) is 2. The topological polar surface area (TPSA) is 44.4 Å². The molecule has 104 valence electrons. The molecule has 0 radical (unpaired) electrons. The molecule has 1 aromatic rings. The average molecular weight is 265 g/mol. The van der Waals surface area contributed by atoms with Gasteiger partial charge in [-0.1, -0.05) is 0 Å². The summed E-state index contributed by atoms with van der Waals surface area (Å²) in [4.78, 5) is 13.8. The summed E-state index contributed by atoms with van der Waals surface area (Å²) in [5.74, 6) is -0.380. The van der Waals surface area contributed by atoms with Gasteiger partial charge in [0.15, 0.2) is 0 Å². The molecule has 5 heteroatoms. The molecule has 0 aliphatic carbocycles. The van der Waals surface area contributed by atoms with Gasteiger partial charge in [-0.05, 0) is 50.7 Å². The third-order valence-electron chi connectivity index (χ3n) is 3.24. The Morgan fingerprint density at radius 2 is 2.21 bits per heavy atom. The normalized spacial score (nSPS) is 18.8. The smallest absolute Gasteiger partial charge is 0.238 e. The second-order valence-electron chi connectivity index (χ2n) is 5.05. The maximum absolute atomic E-state index is 12.7. The number of amides is 1. The third-order valence-corrected chi connectivity index (χ3v) is 3.24. The highest BCUT2D eigenvalue weighted by Gasteiger charge is 2.17. The molecule has 0 bridgehead atoms. The van der Waals surface area contributed by atoms with Gasteiger partial charge < -0.3 is 10.6 Å². The monoisotopic (exact) mass is 265 g/mol. The van der Waals surface area contributed by atoms with Gasteiger partial charge in [0.25, 0.3) is 0 Å². The first-order chi connectivity index (χ1) is 9.13. The molecule has 0 spiro atoms. The molecule has 1 saturated heterocycles. The summed E-state index contributed by atoms with van der Waals surface area (Å²) in [5, 5.41) is 6.16. The highest BCUT2D eigenvalue weighted by atomic mass is 19.1. The van der Waals surface area contributed by atoms with Crippen LogP contribution in [0.25, 0.3) is 0 Å². The lowest BCUT2D eigenvalue weighted by Crippen LogP contribution is -2.39. The second kappa shape index (κ2) is 6.63. The van der Waals surface area contributed by atoms with Gasteiger partial charge in [0.1, 0.15) is 5.82 Å². The summed E-state index contributed by atoms with van der Waals surface area (Å²) in [5.41, 5.74) is 0.624. The lowest BCUT2D eigenvalue weighted by molar-refractivity contribution is -0.117. The maximum atomic E-state index is 12.7. The van der Waals surface area contributed by atoms with Crippen molar-refractivity contribution in [3.63, 3.8) is 0 Å². The SMILES string of the molecule is CN(CC(=O)Nc1ccc(F)cc1)CC1CCCN1. The Morgan fingerprint density at radius 3 is 2.84 bits per heavy atom. The molecular formula is C14H20FN3O. The lowest BCUT2D eigenvalue weighted by Gasteiger charge is -2.20. The van der Waals surface area contributed by atoms with E-state index < -0.39 is 0 Å². The van der Waals surface area contributed by atoms with Crippen LogP contribution in [0.5, 0.6) is 0 Å². The van der Waals surface area contributed by atoms with Crippen molar-refractivity contribution in [2.24, 2.45) is 0 Å². The molecule has 1 amide bonds. The van der Waals surface area contributed by atoms with E-state index >= 15 is 0 Å². The zero-order valence-electron chi connectivity index (χ0n) is 11.2. The van der Waals surface area contributed by atoms with Crippen molar-refractivity contribution in [1.29, 1.82) is 0 Å². The summed E-state index contributed by atoms with van der Waals surface area (Å²) in [6.07, 6.45) is 2.38. The number of nitrogens with zero attached hydrogens (tertiary/aromatic N) is 1. The van der Waals surface area contributed by atoms with Crippen LogP contribution in [0, 0.1) is 5.82 Å². The maximum Gasteiger partial charge on any atom is 0.238 e. The Labute approximate surface area is 113 Å². The first-order valence-electron chi connectivity index (χ1n) is 6.61. The van der Waals surface area contributed by atoms with Gasteiger partial charge in [0.2, 0.25) is 5.91 Å². The fraction of sp³-hybridized carbons (Fsp3) is 0.500. The summed E-state index contributed by atoms with van der Waals surface area (Å²) < 4.78 is 12.7. The van der Waals surface area contributed by atoms with Crippen LogP contribution in [-0.4, -0.2) is 43.5 Å². The van der Waals surface area contributed by atoms with E-state index in [1.807, 2.05) is 11.9 Å². The van der Waals surface area contributed by atoms with Crippen molar-refractivity contribution in [3.05, 3.63) is 30.1 Å². The Balaban J connectivity index is 1.75. The number of hydrogen-bond donors (Lipinski definition) is 2. The van der Waals surface area contributed by atoms with Crippen LogP contribution in [0.4, 0.5) is 10.1 Å². The van der Waals surface area contributed by atoms with Crippen LogP contribution in [0.2, 0.25) is 0 Å². The minimum absolute atomic E-state index is 0.0768. The van der Waals surface area contributed by atoms with E-state index in [2.05, 4.69) is 10.6 Å². The quantitative estimate of drug-likeness (QED) is 0.847. The molecule has 1 aliphatic heterocycles. The number of likely N-dealkylation sites (N-methyl/N-ethyl adjacent to an activating group) is 1. The number of carbonyl (C=O) groups excluding carboxylic acids is 1. The van der Waals surface area contributed by atoms with Crippen LogP contribution >= 0.6 is 0 Å². The van der Waals surface area contributed by atoms with Crippen molar-refractivity contribution in [3.8, 4) is 0 Å². The van der Waals surface area contributed by atoms with Gasteiger partial charge in [-0.3, -0.25) is 9.69 Å². The van der Waals surface area contributed by atoms with Gasteiger partial charge in [-0.15, -0.1) is 0 Å². The minimum Gasteiger partial charge on any atom is -0.325 e. The fourth-order valence-electron chi connectivity index (χ4n) is 2.33. The van der Waals surface area contributed by atoms with E-state index in [0.29, 0.717) is 18.3 Å². The molecule has 1 unspecified atom stereocenters. The largest absolute Gasteiger partial charge is 0.325 e. The lowest BCUT2D eigenvalue weighted by atomic mass is 10.2. The Hall–Kier alpha value is -1.46. The summed E-state index contributed by atoms with van der Waals surface area (Å²) in [7, 11) is 1.93. The van der Waals surface area contributed by atoms with E-state index in [0.717, 1.165) is 13.1 Å². The highest BCUT2D eigenvalue weighted by molar-refractivity contribution is 5.92. The molecule has 1 aliphatic rings. The van der Waals surface area contributed by atoms with Crippen molar-refractivity contribution >= 4 is 11.6 Å². The molecule has 19 heavy (non-hydrogen) atoms. The van der Waals surface area contributed by atoms with Crippen LogP contribution in [-0.2, 0) is 4.79 Å². The number of hydrogen-bond acceptors (Lipinski definition) is 3. The van der Waals surface area contributed by atoms with E-state index in [-0.39, 0.29) is 11.7 Å². The molecule has 1 heterocycles. The van der Waals surface area contributed by atoms with Crippen LogP contribution in [0.15, 0.2) is 24.3 Å². The molecule has 1 aromatic carbocycles. The first-order valence-corrected chi connectivity index (χ1v) is 6.61. The second-order valence-corrected chi connectivity index (χ2v) is 5.05. The summed E-state index contributed by atoms with van der Waals surface area (Å²) in [6, 6.07) is 6.28. The van der Waals surface area contributed by atoms with Crippen LogP contribution in [0.3, 0.4) is 0 Å². The molecule has 4 nitrogen and oxygen atoms in total. The van der Waals surface area contributed by atoms with Gasteiger partial charge in [0.05, 0.1) is 6.54 Å².